The number of aliphatic hydroxyl groups excluding tert-OH is 1. The van der Waals surface area contributed by atoms with E-state index in [4.69, 9.17) is 10.5 Å². The van der Waals surface area contributed by atoms with Gasteiger partial charge in [-0.3, -0.25) is 14.6 Å². The van der Waals surface area contributed by atoms with E-state index < -0.39 is 6.04 Å². The Kier molecular flexibility index (Phi) is 9.16. The lowest BCUT2D eigenvalue weighted by Crippen LogP contribution is -2.32. The van der Waals surface area contributed by atoms with Gasteiger partial charge in [0.1, 0.15) is 11.8 Å². The van der Waals surface area contributed by atoms with Crippen molar-refractivity contribution in [2.24, 2.45) is 22.1 Å². The third-order valence-electron chi connectivity index (χ3n) is 4.56. The summed E-state index contributed by atoms with van der Waals surface area (Å²) in [6, 6.07) is -0.599. The van der Waals surface area contributed by atoms with Crippen molar-refractivity contribution in [3.63, 3.8) is 0 Å². The van der Waals surface area contributed by atoms with Crippen LogP contribution in [0.5, 0.6) is 0 Å². The highest BCUT2D eigenvalue weighted by molar-refractivity contribution is 6.23. The summed E-state index contributed by atoms with van der Waals surface area (Å²) in [5, 5.41) is 10.5. The molecule has 0 bridgehead atoms. The van der Waals surface area contributed by atoms with Crippen molar-refractivity contribution in [2.45, 2.75) is 79.2 Å². The maximum atomic E-state index is 12.6. The van der Waals surface area contributed by atoms with E-state index in [1.807, 2.05) is 13.8 Å². The first-order chi connectivity index (χ1) is 12.6. The lowest BCUT2D eigenvalue weighted by Gasteiger charge is -2.30. The zero-order valence-electron chi connectivity index (χ0n) is 17.5. The number of hydrogen-bond acceptors (Lipinski definition) is 6. The highest BCUT2D eigenvalue weighted by Crippen LogP contribution is 2.36. The largest absolute Gasteiger partial charge is 0.511 e. The second kappa shape index (κ2) is 10.6. The molecule has 3 N–H and O–H groups in total. The summed E-state index contributed by atoms with van der Waals surface area (Å²) >= 11 is 0. The number of aliphatic hydroxyl groups is 1. The van der Waals surface area contributed by atoms with Crippen LogP contribution in [0.15, 0.2) is 16.3 Å². The van der Waals surface area contributed by atoms with Crippen molar-refractivity contribution in [3.05, 3.63) is 11.3 Å². The molecule has 27 heavy (non-hydrogen) atoms. The molecule has 0 aliphatic heterocycles. The van der Waals surface area contributed by atoms with Crippen LogP contribution < -0.4 is 5.73 Å². The van der Waals surface area contributed by atoms with Crippen molar-refractivity contribution < 1.29 is 19.4 Å². The number of rotatable bonds is 10. The highest BCUT2D eigenvalue weighted by atomic mass is 16.5. The van der Waals surface area contributed by atoms with E-state index in [-0.39, 0.29) is 22.9 Å². The van der Waals surface area contributed by atoms with Crippen molar-refractivity contribution in [3.8, 4) is 0 Å². The van der Waals surface area contributed by atoms with E-state index in [0.717, 1.165) is 12.8 Å². The number of nitrogens with zero attached hydrogens (tertiary/aromatic N) is 1. The normalized spacial score (nSPS) is 18.8. The second-order valence-corrected chi connectivity index (χ2v) is 8.54. The molecule has 6 heteroatoms. The minimum absolute atomic E-state index is 0.0208. The zero-order chi connectivity index (χ0) is 20.6. The van der Waals surface area contributed by atoms with Crippen molar-refractivity contribution >= 4 is 17.5 Å². The first kappa shape index (κ1) is 23.3. The maximum absolute atomic E-state index is 12.6. The number of unbranched alkanes of at least 4 members (excludes halogenated alkanes) is 1. The summed E-state index contributed by atoms with van der Waals surface area (Å²) in [6.45, 7) is 10.8. The van der Waals surface area contributed by atoms with Gasteiger partial charge >= 0.3 is 5.97 Å². The molecule has 0 saturated heterocycles. The molecule has 0 amide bonds. The maximum Gasteiger partial charge on any atom is 0.322 e. The molecule has 0 unspecified atom stereocenters. The van der Waals surface area contributed by atoms with Gasteiger partial charge in [0.15, 0.2) is 5.78 Å². The van der Waals surface area contributed by atoms with Crippen LogP contribution in [0.2, 0.25) is 0 Å². The first-order valence-electron chi connectivity index (χ1n) is 9.98. The lowest BCUT2D eigenvalue weighted by atomic mass is 9.75. The Bertz CT molecular complexity index is 591. The third kappa shape index (κ3) is 7.83. The summed E-state index contributed by atoms with van der Waals surface area (Å²) in [5.41, 5.74) is 6.71. The average Bonchev–Trinajstić information content (AvgIpc) is 2.51. The van der Waals surface area contributed by atoms with Gasteiger partial charge in [0.2, 0.25) is 0 Å². The molecule has 0 spiro atoms. The fourth-order valence-corrected chi connectivity index (χ4v) is 3.31. The number of carbonyl (C=O) groups is 2. The van der Waals surface area contributed by atoms with Gasteiger partial charge in [0.25, 0.3) is 0 Å². The van der Waals surface area contributed by atoms with Gasteiger partial charge in [-0.2, -0.15) is 0 Å². The lowest BCUT2D eigenvalue weighted by molar-refractivity contribution is -0.144. The van der Waals surface area contributed by atoms with Crippen LogP contribution in [-0.2, 0) is 14.3 Å². The van der Waals surface area contributed by atoms with Crippen LogP contribution in [0, 0.1) is 11.3 Å². The van der Waals surface area contributed by atoms with Crippen LogP contribution in [0.3, 0.4) is 0 Å². The molecular formula is C21H36N2O4. The molecule has 1 aliphatic carbocycles. The van der Waals surface area contributed by atoms with Gasteiger partial charge < -0.3 is 15.6 Å². The number of carbonyl (C=O) groups excluding carboxylic acids is 2. The number of ketones is 1. The Balaban J connectivity index is 2.72. The molecule has 6 nitrogen and oxygen atoms in total. The van der Waals surface area contributed by atoms with Gasteiger partial charge in [-0.1, -0.05) is 27.7 Å². The monoisotopic (exact) mass is 380 g/mol. The van der Waals surface area contributed by atoms with E-state index >= 15 is 0 Å². The summed E-state index contributed by atoms with van der Waals surface area (Å²) in [4.78, 5) is 28.7. The number of aliphatic imine (C=N–C) groups is 1. The summed E-state index contributed by atoms with van der Waals surface area (Å²) < 4.78 is 4.90. The van der Waals surface area contributed by atoms with E-state index in [1.165, 1.54) is 0 Å². The molecule has 1 rings (SSSR count). The van der Waals surface area contributed by atoms with Crippen molar-refractivity contribution in [2.75, 3.05) is 13.2 Å². The average molecular weight is 381 g/mol. The fraction of sp³-hybridized carbons (Fsp3) is 0.762. The van der Waals surface area contributed by atoms with E-state index in [2.05, 4.69) is 18.8 Å². The molecule has 1 atom stereocenters. The predicted octanol–water partition coefficient (Wildman–Crippen LogP) is 3.74. The molecular weight excluding hydrogens is 344 g/mol. The molecule has 0 aromatic rings. The smallest absolute Gasteiger partial charge is 0.322 e. The Hall–Kier alpha value is -1.69. The quantitative estimate of drug-likeness (QED) is 0.341. The molecule has 0 aromatic heterocycles. The Morgan fingerprint density at radius 1 is 1.30 bits per heavy atom. The zero-order valence-corrected chi connectivity index (χ0v) is 17.5. The van der Waals surface area contributed by atoms with Crippen LogP contribution in [-0.4, -0.2) is 41.8 Å². The predicted molar refractivity (Wildman–Crippen MR) is 108 cm³/mol. The van der Waals surface area contributed by atoms with E-state index in [0.29, 0.717) is 56.0 Å². The number of ether oxygens (including phenoxy) is 1. The van der Waals surface area contributed by atoms with E-state index in [9.17, 15) is 14.7 Å². The first-order valence-corrected chi connectivity index (χ1v) is 9.98. The third-order valence-corrected chi connectivity index (χ3v) is 4.56. The number of Topliss-reactive ketones (excluding diaryl/α,β-unsaturated/α-hetero) is 1. The fourth-order valence-electron chi connectivity index (χ4n) is 3.31. The summed E-state index contributed by atoms with van der Waals surface area (Å²) in [7, 11) is 0. The Morgan fingerprint density at radius 2 is 1.96 bits per heavy atom. The van der Waals surface area contributed by atoms with Gasteiger partial charge in [-0.05, 0) is 43.9 Å². The van der Waals surface area contributed by atoms with Gasteiger partial charge in [-0.15, -0.1) is 0 Å². The highest BCUT2D eigenvalue weighted by Gasteiger charge is 2.35. The van der Waals surface area contributed by atoms with Crippen LogP contribution >= 0.6 is 0 Å². The Labute approximate surface area is 163 Å². The van der Waals surface area contributed by atoms with Crippen LogP contribution in [0.1, 0.15) is 73.1 Å². The molecule has 0 saturated carbocycles. The van der Waals surface area contributed by atoms with Gasteiger partial charge in [-0.25, -0.2) is 0 Å². The SMILES string of the molecule is CCOC(=O)[C@@H](N)CCCCN=C(CC(C)C)C1=C(O)CC(C)(C)CC1=O. The number of nitrogens with two attached hydrogens (primary N) is 1. The molecule has 0 aromatic carbocycles. The minimum atomic E-state index is -0.599. The van der Waals surface area contributed by atoms with Gasteiger partial charge in [0.05, 0.1) is 12.2 Å². The number of allylic oxidation sites excluding steroid dienone is 2. The second-order valence-electron chi connectivity index (χ2n) is 8.54. The molecule has 0 heterocycles. The molecule has 154 valence electrons. The van der Waals surface area contributed by atoms with Crippen LogP contribution in [0.4, 0.5) is 0 Å². The molecule has 1 aliphatic rings. The summed E-state index contributed by atoms with van der Waals surface area (Å²) in [5.74, 6) is 0.114. The van der Waals surface area contributed by atoms with Gasteiger partial charge in [0, 0.05) is 25.1 Å². The number of hydrogen-bond donors (Lipinski definition) is 2. The molecule has 0 radical (unpaired) electrons. The Morgan fingerprint density at radius 3 is 2.52 bits per heavy atom. The van der Waals surface area contributed by atoms with Crippen LogP contribution in [0.25, 0.3) is 0 Å². The summed E-state index contributed by atoms with van der Waals surface area (Å²) in [6.07, 6.45) is 3.66. The minimum Gasteiger partial charge on any atom is -0.511 e. The van der Waals surface area contributed by atoms with Crippen molar-refractivity contribution in [1.82, 2.24) is 0 Å². The molecule has 0 fully saturated rings. The standard InChI is InChI=1S/C21H36N2O4/c1-6-27-20(26)15(22)9-7-8-10-23-16(11-14(2)3)19-17(24)12-21(4,5)13-18(19)25/h14-15,24H,6-13,22H2,1-5H3/t15-/m0/s1. The number of esters is 1. The topological polar surface area (TPSA) is 102 Å². The van der Waals surface area contributed by atoms with E-state index in [1.54, 1.807) is 6.92 Å². The van der Waals surface area contributed by atoms with Crippen molar-refractivity contribution in [1.29, 1.82) is 0 Å².